The highest BCUT2D eigenvalue weighted by Crippen LogP contribution is 2.30. The fourth-order valence-corrected chi connectivity index (χ4v) is 4.02. The molecule has 1 aromatic carbocycles. The molecule has 0 fully saturated rings. The molecular formula is C24H23N7O. The third-order valence-corrected chi connectivity index (χ3v) is 5.69. The minimum absolute atomic E-state index is 0.132. The molecule has 5 aromatic rings. The van der Waals surface area contributed by atoms with Crippen molar-refractivity contribution in [3.8, 4) is 16.8 Å². The number of aryl methyl sites for hydroxylation is 3. The molecule has 0 aliphatic rings. The molecule has 0 aliphatic carbocycles. The molecule has 8 heteroatoms. The second-order valence-electron chi connectivity index (χ2n) is 8.12. The Labute approximate surface area is 184 Å². The first-order valence-electron chi connectivity index (χ1n) is 10.3. The van der Waals surface area contributed by atoms with Gasteiger partial charge < -0.3 is 4.90 Å². The number of hydrogen-bond donors (Lipinski definition) is 0. The van der Waals surface area contributed by atoms with Crippen LogP contribution in [0.4, 0.5) is 5.95 Å². The third kappa shape index (κ3) is 3.03. The van der Waals surface area contributed by atoms with E-state index in [4.69, 9.17) is 0 Å². The number of nitrogens with zero attached hydrogens (tertiary/aromatic N) is 7. The predicted octanol–water partition coefficient (Wildman–Crippen LogP) is 3.41. The average Bonchev–Trinajstić information content (AvgIpc) is 3.04. The highest BCUT2D eigenvalue weighted by molar-refractivity contribution is 6.04. The summed E-state index contributed by atoms with van der Waals surface area (Å²) in [5.41, 5.74) is 6.58. The maximum atomic E-state index is 13.3. The highest BCUT2D eigenvalue weighted by atomic mass is 16.1. The zero-order valence-corrected chi connectivity index (χ0v) is 18.7. The Bertz CT molecular complexity index is 1550. The lowest BCUT2D eigenvalue weighted by Gasteiger charge is -2.11. The zero-order chi connectivity index (χ0) is 22.6. The zero-order valence-electron chi connectivity index (χ0n) is 18.7. The molecule has 0 radical (unpaired) electrons. The maximum Gasteiger partial charge on any atom is 0.333 e. The van der Waals surface area contributed by atoms with Gasteiger partial charge >= 0.3 is 5.69 Å². The van der Waals surface area contributed by atoms with Crippen LogP contribution >= 0.6 is 0 Å². The van der Waals surface area contributed by atoms with Gasteiger partial charge in [0.2, 0.25) is 5.95 Å². The first kappa shape index (κ1) is 19.9. The van der Waals surface area contributed by atoms with E-state index >= 15 is 0 Å². The Morgan fingerprint density at radius 2 is 1.66 bits per heavy atom. The van der Waals surface area contributed by atoms with Crippen molar-refractivity contribution in [3.05, 3.63) is 70.8 Å². The molecule has 32 heavy (non-hydrogen) atoms. The van der Waals surface area contributed by atoms with Crippen LogP contribution in [0.15, 0.2) is 53.7 Å². The van der Waals surface area contributed by atoms with Gasteiger partial charge in [-0.3, -0.25) is 19.1 Å². The van der Waals surface area contributed by atoms with Crippen LogP contribution in [-0.2, 0) is 7.05 Å². The van der Waals surface area contributed by atoms with E-state index in [1.807, 2.05) is 75.6 Å². The van der Waals surface area contributed by atoms with Gasteiger partial charge in [-0.2, -0.15) is 0 Å². The normalized spacial score (nSPS) is 11.4. The number of fused-ring (bicyclic) bond motifs is 3. The van der Waals surface area contributed by atoms with E-state index in [9.17, 15) is 4.79 Å². The molecule has 0 saturated heterocycles. The molecule has 0 bridgehead atoms. The minimum Gasteiger partial charge on any atom is -0.347 e. The molecular weight excluding hydrogens is 402 g/mol. The van der Waals surface area contributed by atoms with Gasteiger partial charge in [-0.25, -0.2) is 14.8 Å². The second kappa shape index (κ2) is 7.26. The van der Waals surface area contributed by atoms with Crippen molar-refractivity contribution in [3.63, 3.8) is 0 Å². The molecule has 8 nitrogen and oxygen atoms in total. The van der Waals surface area contributed by atoms with E-state index in [-0.39, 0.29) is 5.69 Å². The lowest BCUT2D eigenvalue weighted by Crippen LogP contribution is -2.21. The summed E-state index contributed by atoms with van der Waals surface area (Å²) < 4.78 is 3.36. The van der Waals surface area contributed by atoms with Crippen molar-refractivity contribution in [1.29, 1.82) is 0 Å². The van der Waals surface area contributed by atoms with Gasteiger partial charge in [0.15, 0.2) is 0 Å². The monoisotopic (exact) mass is 425 g/mol. The Morgan fingerprint density at radius 3 is 2.34 bits per heavy atom. The topological polar surface area (TPSA) is 81.7 Å². The molecule has 0 spiro atoms. The molecule has 5 rings (SSSR count). The van der Waals surface area contributed by atoms with E-state index < -0.39 is 0 Å². The van der Waals surface area contributed by atoms with E-state index in [2.05, 4.69) is 19.9 Å². The molecule has 4 heterocycles. The van der Waals surface area contributed by atoms with Crippen LogP contribution in [-0.4, -0.2) is 43.2 Å². The Morgan fingerprint density at radius 1 is 0.906 bits per heavy atom. The van der Waals surface area contributed by atoms with E-state index in [0.717, 1.165) is 50.1 Å². The number of anilines is 1. The van der Waals surface area contributed by atoms with Crippen LogP contribution in [0.3, 0.4) is 0 Å². The number of imidazole rings is 1. The molecule has 0 N–H and O–H groups in total. The molecule has 4 aromatic heterocycles. The summed E-state index contributed by atoms with van der Waals surface area (Å²) in [5, 5.41) is 0.884. The van der Waals surface area contributed by atoms with Gasteiger partial charge in [0, 0.05) is 50.2 Å². The van der Waals surface area contributed by atoms with Gasteiger partial charge in [0.1, 0.15) is 0 Å². The lowest BCUT2D eigenvalue weighted by atomic mass is 10.1. The van der Waals surface area contributed by atoms with Gasteiger partial charge in [-0.1, -0.05) is 6.07 Å². The number of pyridine rings is 2. The Hall–Kier alpha value is -4.07. The lowest BCUT2D eigenvalue weighted by molar-refractivity contribution is 0.839. The van der Waals surface area contributed by atoms with Crippen molar-refractivity contribution >= 4 is 27.9 Å². The fourth-order valence-electron chi connectivity index (χ4n) is 4.02. The van der Waals surface area contributed by atoms with Gasteiger partial charge in [0.05, 0.1) is 34.1 Å². The second-order valence-corrected chi connectivity index (χ2v) is 8.12. The molecule has 160 valence electrons. The maximum absolute atomic E-state index is 13.3. The number of aromatic nitrogens is 6. The summed E-state index contributed by atoms with van der Waals surface area (Å²) in [6.07, 6.45) is 5.37. The van der Waals surface area contributed by atoms with Crippen molar-refractivity contribution in [2.24, 2.45) is 7.05 Å². The summed E-state index contributed by atoms with van der Waals surface area (Å²) in [6.45, 7) is 3.87. The van der Waals surface area contributed by atoms with E-state index in [1.54, 1.807) is 22.4 Å². The molecule has 0 aliphatic heterocycles. The van der Waals surface area contributed by atoms with Crippen LogP contribution in [0, 0.1) is 13.8 Å². The third-order valence-electron chi connectivity index (χ3n) is 5.69. The smallest absolute Gasteiger partial charge is 0.333 e. The quantitative estimate of drug-likeness (QED) is 0.441. The Balaban J connectivity index is 1.81. The van der Waals surface area contributed by atoms with Crippen molar-refractivity contribution in [2.45, 2.75) is 13.8 Å². The van der Waals surface area contributed by atoms with Crippen molar-refractivity contribution < 1.29 is 0 Å². The number of rotatable bonds is 3. The number of hydrogen-bond acceptors (Lipinski definition) is 6. The molecule has 0 unspecified atom stereocenters. The standard InChI is InChI=1S/C24H23N7O/c1-14-6-9-20(15(2)28-14)31-22-18-10-16(17-11-26-23(27-12-17)29(3)4)7-8-19(18)25-13-21(22)30(5)24(31)32/h6-13H,1-5H3. The summed E-state index contributed by atoms with van der Waals surface area (Å²) in [6, 6.07) is 9.88. The SMILES string of the molecule is Cc1ccc(-n2c(=O)n(C)c3cnc4ccc(-c5cnc(N(C)C)nc5)cc4c32)c(C)n1. The molecule has 0 atom stereocenters. The van der Waals surface area contributed by atoms with E-state index in [0.29, 0.717) is 5.95 Å². The average molecular weight is 425 g/mol. The van der Waals surface area contributed by atoms with Crippen LogP contribution < -0.4 is 10.6 Å². The van der Waals surface area contributed by atoms with Crippen LogP contribution in [0.2, 0.25) is 0 Å². The highest BCUT2D eigenvalue weighted by Gasteiger charge is 2.18. The summed E-state index contributed by atoms with van der Waals surface area (Å²) in [5.74, 6) is 0.651. The summed E-state index contributed by atoms with van der Waals surface area (Å²) in [4.78, 5) is 33.2. The van der Waals surface area contributed by atoms with Crippen LogP contribution in [0.25, 0.3) is 38.8 Å². The summed E-state index contributed by atoms with van der Waals surface area (Å²) >= 11 is 0. The molecule has 0 saturated carbocycles. The van der Waals surface area contributed by atoms with Gasteiger partial charge in [-0.05, 0) is 43.7 Å². The van der Waals surface area contributed by atoms with E-state index in [1.165, 1.54) is 0 Å². The first-order valence-corrected chi connectivity index (χ1v) is 10.3. The van der Waals surface area contributed by atoms with Crippen LogP contribution in [0.5, 0.6) is 0 Å². The van der Waals surface area contributed by atoms with Gasteiger partial charge in [-0.15, -0.1) is 0 Å². The fraction of sp³-hybridized carbons (Fsp3) is 0.208. The van der Waals surface area contributed by atoms with Crippen molar-refractivity contribution in [1.82, 2.24) is 29.1 Å². The minimum atomic E-state index is -0.132. The summed E-state index contributed by atoms with van der Waals surface area (Å²) in [7, 11) is 5.58. The first-order chi connectivity index (χ1) is 15.3. The number of benzene rings is 1. The largest absolute Gasteiger partial charge is 0.347 e. The molecule has 0 amide bonds. The Kier molecular flexibility index (Phi) is 4.51. The predicted molar refractivity (Wildman–Crippen MR) is 126 cm³/mol. The van der Waals surface area contributed by atoms with Gasteiger partial charge in [0.25, 0.3) is 0 Å². The van der Waals surface area contributed by atoms with Crippen molar-refractivity contribution in [2.75, 3.05) is 19.0 Å². The van der Waals surface area contributed by atoms with Crippen LogP contribution in [0.1, 0.15) is 11.4 Å².